The van der Waals surface area contributed by atoms with Crippen molar-refractivity contribution < 1.29 is 56.3 Å². The number of benzene rings is 1. The molecule has 1 aliphatic rings. The number of hydrogen-bond donors (Lipinski definition) is 0. The maximum absolute atomic E-state index is 10.6. The standard InChI is InChI=1S/C11H13N3O2S2.K/c15-14(16)10-3-1-9(2-4-10)12-5-7-13(8-6-12)11(17)18;/h1-4H,5-8H2,(H,17,18);/q;+1/p-1. The number of nitro groups is 1. The van der Waals surface area contributed by atoms with Gasteiger partial charge in [0.15, 0.2) is 0 Å². The molecule has 0 unspecified atom stereocenters. The molecule has 0 radical (unpaired) electrons. The van der Waals surface area contributed by atoms with Crippen molar-refractivity contribution in [1.29, 1.82) is 0 Å². The molecule has 1 aromatic carbocycles. The minimum atomic E-state index is -0.392. The van der Waals surface area contributed by atoms with E-state index in [2.05, 4.69) is 4.90 Å². The van der Waals surface area contributed by atoms with Crippen LogP contribution < -0.4 is 56.3 Å². The Bertz CT molecular complexity index is 462. The molecule has 1 aliphatic heterocycles. The molecule has 1 aromatic rings. The first kappa shape index (κ1) is 17.2. The second kappa shape index (κ2) is 7.82. The largest absolute Gasteiger partial charge is 1.00 e. The predicted octanol–water partition coefficient (Wildman–Crippen LogP) is -1.45. The van der Waals surface area contributed by atoms with Gasteiger partial charge >= 0.3 is 51.4 Å². The van der Waals surface area contributed by atoms with Gasteiger partial charge in [-0.2, -0.15) is 0 Å². The maximum Gasteiger partial charge on any atom is 1.00 e. The van der Waals surface area contributed by atoms with Crippen molar-refractivity contribution in [2.45, 2.75) is 0 Å². The van der Waals surface area contributed by atoms with Crippen LogP contribution in [0.5, 0.6) is 0 Å². The fraction of sp³-hybridized carbons (Fsp3) is 0.364. The Morgan fingerprint density at radius 2 is 1.74 bits per heavy atom. The smallest absolute Gasteiger partial charge is 0.411 e. The molecule has 19 heavy (non-hydrogen) atoms. The van der Waals surface area contributed by atoms with E-state index in [-0.39, 0.29) is 57.1 Å². The van der Waals surface area contributed by atoms with Gasteiger partial charge in [-0.3, -0.25) is 10.1 Å². The molecule has 0 aliphatic carbocycles. The van der Waals surface area contributed by atoms with Crippen molar-refractivity contribution in [2.24, 2.45) is 0 Å². The fourth-order valence-electron chi connectivity index (χ4n) is 1.93. The first-order valence-electron chi connectivity index (χ1n) is 5.53. The molecule has 5 nitrogen and oxygen atoms in total. The summed E-state index contributed by atoms with van der Waals surface area (Å²) in [5.41, 5.74) is 1.11. The second-order valence-corrected chi connectivity index (χ2v) is 5.05. The Labute approximate surface area is 165 Å². The summed E-state index contributed by atoms with van der Waals surface area (Å²) in [4.78, 5) is 14.3. The van der Waals surface area contributed by atoms with E-state index in [1.165, 1.54) is 12.1 Å². The van der Waals surface area contributed by atoms with Gasteiger partial charge in [-0.15, -0.1) is 0 Å². The molecule has 0 saturated carbocycles. The van der Waals surface area contributed by atoms with Crippen LogP contribution in [0.25, 0.3) is 0 Å². The van der Waals surface area contributed by atoms with Gasteiger partial charge in [0.2, 0.25) is 0 Å². The molecule has 8 heteroatoms. The van der Waals surface area contributed by atoms with Crippen LogP contribution in [0, 0.1) is 10.1 Å². The molecule has 0 N–H and O–H groups in total. The van der Waals surface area contributed by atoms with Crippen LogP contribution >= 0.6 is 12.2 Å². The molecule has 0 bridgehead atoms. The third-order valence-electron chi connectivity index (χ3n) is 2.96. The van der Waals surface area contributed by atoms with Crippen molar-refractivity contribution in [3.63, 3.8) is 0 Å². The van der Waals surface area contributed by atoms with E-state index in [1.807, 2.05) is 4.90 Å². The number of piperazine rings is 1. The number of nitro benzene ring substituents is 1. The van der Waals surface area contributed by atoms with Gasteiger partial charge in [0.25, 0.3) is 5.69 Å². The Morgan fingerprint density at radius 3 is 2.16 bits per heavy atom. The van der Waals surface area contributed by atoms with Gasteiger partial charge in [-0.25, -0.2) is 0 Å². The minimum Gasteiger partial charge on any atom is -0.411 e. The molecule has 0 atom stereocenters. The summed E-state index contributed by atoms with van der Waals surface area (Å²) in [6.07, 6.45) is 0. The first-order valence-corrected chi connectivity index (χ1v) is 6.35. The summed E-state index contributed by atoms with van der Waals surface area (Å²) in [5, 5.41) is 10.6. The zero-order valence-corrected chi connectivity index (χ0v) is 15.4. The Hall–Kier alpha value is 0.166. The quantitative estimate of drug-likeness (QED) is 0.218. The monoisotopic (exact) mass is 321 g/mol. The second-order valence-electron chi connectivity index (χ2n) is 4.01. The fourth-order valence-corrected chi connectivity index (χ4v) is 2.30. The Morgan fingerprint density at radius 1 is 1.21 bits per heavy atom. The maximum atomic E-state index is 10.6. The molecule has 1 saturated heterocycles. The topological polar surface area (TPSA) is 49.6 Å². The first-order chi connectivity index (χ1) is 8.58. The average molecular weight is 321 g/mol. The van der Waals surface area contributed by atoms with Crippen molar-refractivity contribution in [1.82, 2.24) is 4.90 Å². The molecular formula is C11H12KN3O2S2. The normalized spacial score (nSPS) is 14.7. The minimum absolute atomic E-state index is 0. The molecule has 0 amide bonds. The van der Waals surface area contributed by atoms with Crippen LogP contribution in [0.3, 0.4) is 0 Å². The van der Waals surface area contributed by atoms with Gasteiger partial charge in [0, 0.05) is 44.0 Å². The number of thiocarbonyl (C=S) groups is 1. The molecule has 1 fully saturated rings. The number of hydrogen-bond acceptors (Lipinski definition) is 5. The molecule has 0 aromatic heterocycles. The van der Waals surface area contributed by atoms with E-state index >= 15 is 0 Å². The summed E-state index contributed by atoms with van der Waals surface area (Å²) in [5.74, 6) is 0. The van der Waals surface area contributed by atoms with Gasteiger partial charge < -0.3 is 34.6 Å². The number of nitrogens with zero attached hydrogens (tertiary/aromatic N) is 3. The van der Waals surface area contributed by atoms with Crippen molar-refractivity contribution in [2.75, 3.05) is 31.1 Å². The van der Waals surface area contributed by atoms with Crippen LogP contribution in [0.15, 0.2) is 24.3 Å². The van der Waals surface area contributed by atoms with E-state index in [9.17, 15) is 10.1 Å². The molecule has 2 rings (SSSR count). The average Bonchev–Trinajstić information content (AvgIpc) is 2.39. The van der Waals surface area contributed by atoms with Crippen LogP contribution in [0.2, 0.25) is 0 Å². The summed E-state index contributed by atoms with van der Waals surface area (Å²) in [7, 11) is 0. The summed E-state index contributed by atoms with van der Waals surface area (Å²) in [6.45, 7) is 3.27. The van der Waals surface area contributed by atoms with E-state index in [0.717, 1.165) is 31.9 Å². The van der Waals surface area contributed by atoms with Crippen LogP contribution in [-0.2, 0) is 12.6 Å². The molecule has 0 spiro atoms. The molecule has 96 valence electrons. The summed E-state index contributed by atoms with van der Waals surface area (Å²) >= 11 is 9.93. The van der Waals surface area contributed by atoms with Crippen LogP contribution in [0.4, 0.5) is 11.4 Å². The van der Waals surface area contributed by atoms with Gasteiger partial charge in [-0.1, -0.05) is 4.32 Å². The Balaban J connectivity index is 0.00000180. The third-order valence-corrected chi connectivity index (χ3v) is 3.48. The number of rotatable bonds is 2. The molecule has 1 heterocycles. The van der Waals surface area contributed by atoms with Crippen LogP contribution in [0.1, 0.15) is 0 Å². The van der Waals surface area contributed by atoms with Crippen molar-refractivity contribution in [3.8, 4) is 0 Å². The third kappa shape index (κ3) is 4.59. The van der Waals surface area contributed by atoms with Crippen molar-refractivity contribution >= 4 is 40.5 Å². The number of non-ortho nitro benzene ring substituents is 1. The summed E-state index contributed by atoms with van der Waals surface area (Å²) in [6, 6.07) is 6.61. The van der Waals surface area contributed by atoms with E-state index in [4.69, 9.17) is 24.8 Å². The van der Waals surface area contributed by atoms with Crippen molar-refractivity contribution in [3.05, 3.63) is 34.4 Å². The van der Waals surface area contributed by atoms with Gasteiger partial charge in [0.1, 0.15) is 0 Å². The summed E-state index contributed by atoms with van der Waals surface area (Å²) < 4.78 is 0.512. The molecular weight excluding hydrogens is 309 g/mol. The van der Waals surface area contributed by atoms with E-state index < -0.39 is 4.92 Å². The predicted molar refractivity (Wildman–Crippen MR) is 76.8 cm³/mol. The number of anilines is 1. The SMILES string of the molecule is O=[N+]([O-])c1ccc(N2CCN(C(=S)[S-])CC2)cc1.[K+]. The van der Waals surface area contributed by atoms with Gasteiger partial charge in [-0.05, 0) is 12.1 Å². The zero-order chi connectivity index (χ0) is 13.1. The Kier molecular flexibility index (Phi) is 7.09. The van der Waals surface area contributed by atoms with E-state index in [1.54, 1.807) is 12.1 Å². The van der Waals surface area contributed by atoms with E-state index in [0.29, 0.717) is 4.32 Å². The van der Waals surface area contributed by atoms with Crippen LogP contribution in [-0.4, -0.2) is 40.3 Å². The zero-order valence-electron chi connectivity index (χ0n) is 10.6. The van der Waals surface area contributed by atoms with Gasteiger partial charge in [0.05, 0.1) is 4.92 Å².